The van der Waals surface area contributed by atoms with Gasteiger partial charge in [0.25, 0.3) is 0 Å². The SMILES string of the molecule is CCNC(=NCc1cnn(C)c1)NCC(C)(C)c1cccs1.I. The Labute approximate surface area is 159 Å². The number of aliphatic imine (C=N–C) groups is 1. The molecular weight excluding hydrogens is 421 g/mol. The molecule has 0 fully saturated rings. The number of hydrogen-bond donors (Lipinski definition) is 2. The van der Waals surface area contributed by atoms with E-state index in [1.807, 2.05) is 19.4 Å². The monoisotopic (exact) mass is 447 g/mol. The van der Waals surface area contributed by atoms with Gasteiger partial charge in [-0.05, 0) is 18.4 Å². The standard InChI is InChI=1S/C16H25N5S.HI/c1-5-17-15(18-9-13-10-20-21(4)11-13)19-12-16(2,3)14-7-6-8-22-14;/h6-8,10-11H,5,9,12H2,1-4H3,(H2,17,18,19);1H. The summed E-state index contributed by atoms with van der Waals surface area (Å²) in [5.41, 5.74) is 1.19. The number of aryl methyl sites for hydroxylation is 1. The molecule has 2 aromatic heterocycles. The number of halogens is 1. The second-order valence-corrected chi connectivity index (χ2v) is 6.88. The van der Waals surface area contributed by atoms with Crippen molar-refractivity contribution in [1.82, 2.24) is 20.4 Å². The van der Waals surface area contributed by atoms with E-state index in [4.69, 9.17) is 0 Å². The smallest absolute Gasteiger partial charge is 0.191 e. The maximum atomic E-state index is 4.63. The lowest BCUT2D eigenvalue weighted by Crippen LogP contribution is -2.43. The molecule has 23 heavy (non-hydrogen) atoms. The number of thiophene rings is 1. The summed E-state index contributed by atoms with van der Waals surface area (Å²) in [6.45, 7) is 8.88. The van der Waals surface area contributed by atoms with Crippen LogP contribution in [0.2, 0.25) is 0 Å². The van der Waals surface area contributed by atoms with Crippen molar-refractivity contribution in [2.45, 2.75) is 32.7 Å². The minimum absolute atomic E-state index is 0. The van der Waals surface area contributed by atoms with E-state index in [2.05, 4.69) is 59.0 Å². The Kier molecular flexibility index (Phi) is 8.04. The van der Waals surface area contributed by atoms with Crippen LogP contribution in [0.4, 0.5) is 0 Å². The lowest BCUT2D eigenvalue weighted by atomic mass is 9.91. The van der Waals surface area contributed by atoms with Gasteiger partial charge in [-0.25, -0.2) is 4.99 Å². The van der Waals surface area contributed by atoms with E-state index in [1.54, 1.807) is 16.0 Å². The van der Waals surface area contributed by atoms with Gasteiger partial charge in [0.1, 0.15) is 0 Å². The molecule has 0 aliphatic heterocycles. The largest absolute Gasteiger partial charge is 0.357 e. The zero-order valence-electron chi connectivity index (χ0n) is 14.2. The van der Waals surface area contributed by atoms with E-state index in [0.717, 1.165) is 24.6 Å². The van der Waals surface area contributed by atoms with Gasteiger partial charge >= 0.3 is 0 Å². The van der Waals surface area contributed by atoms with Gasteiger partial charge in [-0.2, -0.15) is 5.10 Å². The van der Waals surface area contributed by atoms with E-state index < -0.39 is 0 Å². The highest BCUT2D eigenvalue weighted by atomic mass is 127. The van der Waals surface area contributed by atoms with E-state index in [9.17, 15) is 0 Å². The molecule has 128 valence electrons. The van der Waals surface area contributed by atoms with Crippen molar-refractivity contribution in [2.24, 2.45) is 12.0 Å². The van der Waals surface area contributed by atoms with Gasteiger partial charge in [0, 0.05) is 42.2 Å². The van der Waals surface area contributed by atoms with E-state index in [1.165, 1.54) is 4.88 Å². The normalized spacial score (nSPS) is 11.9. The first-order valence-corrected chi connectivity index (χ1v) is 8.43. The average molecular weight is 447 g/mol. The highest BCUT2D eigenvalue weighted by Gasteiger charge is 2.21. The summed E-state index contributed by atoms with van der Waals surface area (Å²) in [6, 6.07) is 4.29. The van der Waals surface area contributed by atoms with Crippen molar-refractivity contribution in [2.75, 3.05) is 13.1 Å². The molecule has 2 aromatic rings. The number of nitrogens with zero attached hydrogens (tertiary/aromatic N) is 3. The number of aromatic nitrogens is 2. The second kappa shape index (κ2) is 9.27. The van der Waals surface area contributed by atoms with Crippen LogP contribution in [-0.2, 0) is 19.0 Å². The molecule has 0 amide bonds. The molecule has 0 spiro atoms. The summed E-state index contributed by atoms with van der Waals surface area (Å²) in [7, 11) is 1.92. The molecule has 2 N–H and O–H groups in total. The molecule has 5 nitrogen and oxygen atoms in total. The highest BCUT2D eigenvalue weighted by molar-refractivity contribution is 14.0. The van der Waals surface area contributed by atoms with Crippen LogP contribution in [-0.4, -0.2) is 28.8 Å². The van der Waals surface area contributed by atoms with Gasteiger partial charge in [-0.3, -0.25) is 4.68 Å². The van der Waals surface area contributed by atoms with Gasteiger partial charge < -0.3 is 10.6 Å². The van der Waals surface area contributed by atoms with Gasteiger partial charge in [0.15, 0.2) is 5.96 Å². The zero-order chi connectivity index (χ0) is 16.0. The van der Waals surface area contributed by atoms with Crippen molar-refractivity contribution >= 4 is 41.3 Å². The summed E-state index contributed by atoms with van der Waals surface area (Å²) in [5, 5.41) is 13.0. The summed E-state index contributed by atoms with van der Waals surface area (Å²) in [6.07, 6.45) is 3.84. The van der Waals surface area contributed by atoms with Crippen LogP contribution in [0.5, 0.6) is 0 Å². The Morgan fingerprint density at radius 3 is 2.74 bits per heavy atom. The van der Waals surface area contributed by atoms with Crippen LogP contribution in [0.3, 0.4) is 0 Å². The fourth-order valence-corrected chi connectivity index (χ4v) is 2.97. The molecule has 0 saturated heterocycles. The van der Waals surface area contributed by atoms with Crippen LogP contribution in [0.1, 0.15) is 31.2 Å². The Balaban J connectivity index is 0.00000264. The number of nitrogens with one attached hydrogen (secondary N) is 2. The second-order valence-electron chi connectivity index (χ2n) is 5.93. The minimum atomic E-state index is 0. The molecule has 0 saturated carbocycles. The third-order valence-electron chi connectivity index (χ3n) is 3.41. The molecule has 2 rings (SSSR count). The van der Waals surface area contributed by atoms with Crippen molar-refractivity contribution in [3.8, 4) is 0 Å². The van der Waals surface area contributed by atoms with Crippen LogP contribution >= 0.6 is 35.3 Å². The molecule has 0 bridgehead atoms. The lowest BCUT2D eigenvalue weighted by molar-refractivity contribution is 0.518. The van der Waals surface area contributed by atoms with Gasteiger partial charge in [0.2, 0.25) is 0 Å². The van der Waals surface area contributed by atoms with Crippen LogP contribution in [0.15, 0.2) is 34.9 Å². The van der Waals surface area contributed by atoms with Crippen LogP contribution in [0.25, 0.3) is 0 Å². The Morgan fingerprint density at radius 2 is 2.17 bits per heavy atom. The summed E-state index contributed by atoms with van der Waals surface area (Å²) >= 11 is 1.80. The number of guanidine groups is 1. The fraction of sp³-hybridized carbons (Fsp3) is 0.500. The molecule has 0 radical (unpaired) electrons. The molecule has 2 heterocycles. The first-order valence-electron chi connectivity index (χ1n) is 7.55. The van der Waals surface area contributed by atoms with Gasteiger partial charge in [-0.15, -0.1) is 35.3 Å². The van der Waals surface area contributed by atoms with Crippen LogP contribution < -0.4 is 10.6 Å². The maximum Gasteiger partial charge on any atom is 0.191 e. The fourth-order valence-electron chi connectivity index (χ4n) is 2.12. The Bertz CT molecular complexity index is 604. The van der Waals surface area contributed by atoms with Crippen LogP contribution in [0, 0.1) is 0 Å². The average Bonchev–Trinajstić information content (AvgIpc) is 3.13. The summed E-state index contributed by atoms with van der Waals surface area (Å²) in [5.74, 6) is 0.844. The van der Waals surface area contributed by atoms with Crippen molar-refractivity contribution < 1.29 is 0 Å². The molecular formula is C16H26IN5S. The molecule has 0 atom stereocenters. The Morgan fingerprint density at radius 1 is 1.39 bits per heavy atom. The number of rotatable bonds is 6. The molecule has 7 heteroatoms. The third kappa shape index (κ3) is 6.14. The predicted octanol–water partition coefficient (Wildman–Crippen LogP) is 3.13. The van der Waals surface area contributed by atoms with E-state index >= 15 is 0 Å². The van der Waals surface area contributed by atoms with E-state index in [0.29, 0.717) is 6.54 Å². The maximum absolute atomic E-state index is 4.63. The zero-order valence-corrected chi connectivity index (χ0v) is 17.3. The van der Waals surface area contributed by atoms with Crippen molar-refractivity contribution in [3.63, 3.8) is 0 Å². The highest BCUT2D eigenvalue weighted by Crippen LogP contribution is 2.26. The van der Waals surface area contributed by atoms with Crippen molar-refractivity contribution in [1.29, 1.82) is 0 Å². The first kappa shape index (κ1) is 20.0. The topological polar surface area (TPSA) is 54.2 Å². The lowest BCUT2D eigenvalue weighted by Gasteiger charge is -2.25. The summed E-state index contributed by atoms with van der Waals surface area (Å²) in [4.78, 5) is 6.00. The van der Waals surface area contributed by atoms with E-state index in [-0.39, 0.29) is 29.4 Å². The molecule has 0 aromatic carbocycles. The van der Waals surface area contributed by atoms with Gasteiger partial charge in [0.05, 0.1) is 12.7 Å². The van der Waals surface area contributed by atoms with Gasteiger partial charge in [-0.1, -0.05) is 19.9 Å². The Hall–Kier alpha value is -1.09. The molecule has 0 aliphatic carbocycles. The predicted molar refractivity (Wildman–Crippen MR) is 109 cm³/mol. The first-order chi connectivity index (χ1) is 10.5. The summed E-state index contributed by atoms with van der Waals surface area (Å²) < 4.78 is 1.80. The minimum Gasteiger partial charge on any atom is -0.357 e. The molecule has 0 unspecified atom stereocenters. The number of hydrogen-bond acceptors (Lipinski definition) is 3. The third-order valence-corrected chi connectivity index (χ3v) is 4.64. The molecule has 0 aliphatic rings. The quantitative estimate of drug-likeness (QED) is 0.407. The van der Waals surface area contributed by atoms with Crippen molar-refractivity contribution in [3.05, 3.63) is 40.3 Å².